The van der Waals surface area contributed by atoms with Crippen molar-refractivity contribution in [3.05, 3.63) is 53.3 Å². The lowest BCUT2D eigenvalue weighted by Gasteiger charge is -2.33. The Balaban J connectivity index is 1.63. The molecule has 8 nitrogen and oxygen atoms in total. The Morgan fingerprint density at radius 1 is 1.25 bits per heavy atom. The van der Waals surface area contributed by atoms with Gasteiger partial charge in [0.05, 0.1) is 5.56 Å². The number of carbonyl (C=O) groups is 2. The van der Waals surface area contributed by atoms with Gasteiger partial charge >= 0.3 is 11.9 Å². The van der Waals surface area contributed by atoms with Gasteiger partial charge in [0, 0.05) is 38.1 Å². The lowest BCUT2D eigenvalue weighted by atomic mass is 9.89. The maximum absolute atomic E-state index is 11.2. The smallest absolute Gasteiger partial charge is 0.335 e. The molecule has 0 unspecified atom stereocenters. The maximum atomic E-state index is 11.2. The molecule has 0 amide bonds. The Labute approximate surface area is 163 Å². The molecular formula is C20H24N4O4. The summed E-state index contributed by atoms with van der Waals surface area (Å²) in [6.45, 7) is 2.38. The minimum Gasteiger partial charge on any atom is -0.480 e. The fraction of sp³-hybridized carbons (Fsp3) is 0.400. The molecule has 148 valence electrons. The first-order valence-corrected chi connectivity index (χ1v) is 9.22. The number of piperidine rings is 1. The number of likely N-dealkylation sites (N-methyl/N-ethyl adjacent to an activating group) is 1. The molecule has 28 heavy (non-hydrogen) atoms. The molecule has 2 heterocycles. The van der Waals surface area contributed by atoms with E-state index in [0.717, 1.165) is 37.1 Å². The van der Waals surface area contributed by atoms with Crippen LogP contribution < -0.4 is 4.90 Å². The summed E-state index contributed by atoms with van der Waals surface area (Å²) < 4.78 is 0. The first kappa shape index (κ1) is 19.8. The van der Waals surface area contributed by atoms with Gasteiger partial charge in [-0.1, -0.05) is 12.1 Å². The zero-order chi connectivity index (χ0) is 20.1. The van der Waals surface area contributed by atoms with Gasteiger partial charge in [0.2, 0.25) is 5.95 Å². The van der Waals surface area contributed by atoms with E-state index in [0.29, 0.717) is 24.0 Å². The second-order valence-corrected chi connectivity index (χ2v) is 7.15. The van der Waals surface area contributed by atoms with Crippen LogP contribution in [0.2, 0.25) is 0 Å². The Bertz CT molecular complexity index is 840. The van der Waals surface area contributed by atoms with Gasteiger partial charge in [-0.05, 0) is 43.0 Å². The van der Waals surface area contributed by atoms with Crippen LogP contribution in [-0.4, -0.2) is 63.7 Å². The molecule has 1 aromatic heterocycles. The molecule has 1 aliphatic rings. The van der Waals surface area contributed by atoms with Crippen molar-refractivity contribution in [3.63, 3.8) is 0 Å². The highest BCUT2D eigenvalue weighted by atomic mass is 16.4. The van der Waals surface area contributed by atoms with Gasteiger partial charge in [0.1, 0.15) is 6.54 Å². The number of carboxylic acid groups (broad SMARTS) is 2. The van der Waals surface area contributed by atoms with Crippen LogP contribution in [0.1, 0.15) is 40.2 Å². The molecule has 0 aliphatic carbocycles. The molecule has 1 aromatic carbocycles. The highest BCUT2D eigenvalue weighted by Crippen LogP contribution is 2.28. The summed E-state index contributed by atoms with van der Waals surface area (Å²) >= 11 is 0. The van der Waals surface area contributed by atoms with Crippen molar-refractivity contribution < 1.29 is 19.8 Å². The van der Waals surface area contributed by atoms with Crippen LogP contribution in [0.25, 0.3) is 0 Å². The Morgan fingerprint density at radius 3 is 2.68 bits per heavy atom. The first-order chi connectivity index (χ1) is 13.4. The molecule has 0 spiro atoms. The highest BCUT2D eigenvalue weighted by Gasteiger charge is 2.22. The number of benzene rings is 1. The number of nitrogens with zero attached hydrogens (tertiary/aromatic N) is 4. The van der Waals surface area contributed by atoms with Crippen LogP contribution in [0.15, 0.2) is 36.7 Å². The number of aliphatic carboxylic acids is 1. The predicted octanol–water partition coefficient (Wildman–Crippen LogP) is 2.08. The van der Waals surface area contributed by atoms with Crippen molar-refractivity contribution in [1.82, 2.24) is 14.9 Å². The van der Waals surface area contributed by atoms with E-state index in [1.54, 1.807) is 37.6 Å². The Hall–Kier alpha value is -3.00. The normalized spacial score (nSPS) is 17.2. The predicted molar refractivity (Wildman–Crippen MR) is 104 cm³/mol. The van der Waals surface area contributed by atoms with Crippen molar-refractivity contribution in [2.45, 2.75) is 25.3 Å². The summed E-state index contributed by atoms with van der Waals surface area (Å²) in [5.41, 5.74) is 2.35. The molecule has 3 rings (SSSR count). The molecule has 0 saturated carbocycles. The largest absolute Gasteiger partial charge is 0.480 e. The standard InChI is InChI=1S/C20H24N4O4/c1-23(13-18(25)26)20-21-9-14(10-22-20)11-24-7-3-6-17(12-24)15-4-2-5-16(8-15)19(27)28/h2,4-5,8-10,17H,3,6-7,11-13H2,1H3,(H,25,26)(H,27,28)/t17-/m0/s1. The fourth-order valence-corrected chi connectivity index (χ4v) is 3.56. The van der Waals surface area contributed by atoms with Crippen LogP contribution in [-0.2, 0) is 11.3 Å². The number of hydrogen-bond acceptors (Lipinski definition) is 6. The van der Waals surface area contributed by atoms with E-state index >= 15 is 0 Å². The summed E-state index contributed by atoms with van der Waals surface area (Å²) in [6.07, 6.45) is 5.54. The zero-order valence-corrected chi connectivity index (χ0v) is 15.8. The average Bonchev–Trinajstić information content (AvgIpc) is 2.68. The highest BCUT2D eigenvalue weighted by molar-refractivity contribution is 5.87. The molecule has 0 radical (unpaired) electrons. The molecule has 1 saturated heterocycles. The molecule has 2 N–H and O–H groups in total. The van der Waals surface area contributed by atoms with E-state index in [4.69, 9.17) is 5.11 Å². The van der Waals surface area contributed by atoms with Crippen molar-refractivity contribution in [1.29, 1.82) is 0 Å². The molecule has 1 aliphatic heterocycles. The van der Waals surface area contributed by atoms with Gasteiger partial charge in [0.25, 0.3) is 0 Å². The monoisotopic (exact) mass is 384 g/mol. The summed E-state index contributed by atoms with van der Waals surface area (Å²) in [4.78, 5) is 34.3. The zero-order valence-electron chi connectivity index (χ0n) is 15.8. The SMILES string of the molecule is CN(CC(=O)O)c1ncc(CN2CCC[C@H](c3cccc(C(=O)O)c3)C2)cn1. The van der Waals surface area contributed by atoms with Crippen LogP contribution >= 0.6 is 0 Å². The number of rotatable bonds is 7. The van der Waals surface area contributed by atoms with Crippen LogP contribution in [0.4, 0.5) is 5.95 Å². The van der Waals surface area contributed by atoms with Gasteiger partial charge in [-0.2, -0.15) is 0 Å². The van der Waals surface area contributed by atoms with Crippen molar-refractivity contribution >= 4 is 17.9 Å². The van der Waals surface area contributed by atoms with E-state index in [2.05, 4.69) is 14.9 Å². The number of aromatic carboxylic acids is 1. The minimum absolute atomic E-state index is 0.150. The first-order valence-electron chi connectivity index (χ1n) is 9.22. The van der Waals surface area contributed by atoms with E-state index in [-0.39, 0.29) is 6.54 Å². The Kier molecular flexibility index (Phi) is 6.20. The minimum atomic E-state index is -0.929. The van der Waals surface area contributed by atoms with Gasteiger partial charge in [-0.25, -0.2) is 14.8 Å². The third-order valence-corrected chi connectivity index (χ3v) is 4.92. The molecule has 0 bridgehead atoms. The lowest BCUT2D eigenvalue weighted by molar-refractivity contribution is -0.135. The molecule has 1 atom stereocenters. The summed E-state index contributed by atoms with van der Waals surface area (Å²) in [5, 5.41) is 18.0. The second-order valence-electron chi connectivity index (χ2n) is 7.15. The molecule has 1 fully saturated rings. The number of carboxylic acids is 2. The van der Waals surface area contributed by atoms with E-state index < -0.39 is 11.9 Å². The quantitative estimate of drug-likeness (QED) is 0.747. The van der Waals surface area contributed by atoms with Gasteiger partial charge in [-0.15, -0.1) is 0 Å². The summed E-state index contributed by atoms with van der Waals surface area (Å²) in [6, 6.07) is 7.19. The molecule has 2 aromatic rings. The fourth-order valence-electron chi connectivity index (χ4n) is 3.56. The van der Waals surface area contributed by atoms with Gasteiger partial charge in [-0.3, -0.25) is 9.69 Å². The van der Waals surface area contributed by atoms with Crippen molar-refractivity contribution in [3.8, 4) is 0 Å². The van der Waals surface area contributed by atoms with Crippen molar-refractivity contribution in [2.75, 3.05) is 31.6 Å². The summed E-state index contributed by atoms with van der Waals surface area (Å²) in [7, 11) is 1.64. The number of likely N-dealkylation sites (tertiary alicyclic amines) is 1. The van der Waals surface area contributed by atoms with E-state index in [1.165, 1.54) is 4.90 Å². The topological polar surface area (TPSA) is 107 Å². The van der Waals surface area contributed by atoms with Crippen molar-refractivity contribution in [2.24, 2.45) is 0 Å². The van der Waals surface area contributed by atoms with E-state index in [9.17, 15) is 14.7 Å². The summed E-state index contributed by atoms with van der Waals surface area (Å²) in [5.74, 6) is -1.15. The number of anilines is 1. The second kappa shape index (κ2) is 8.79. The number of hydrogen-bond donors (Lipinski definition) is 2. The maximum Gasteiger partial charge on any atom is 0.335 e. The van der Waals surface area contributed by atoms with Crippen LogP contribution in [0, 0.1) is 0 Å². The third kappa shape index (κ3) is 5.04. The van der Waals surface area contributed by atoms with Gasteiger partial charge in [0.15, 0.2) is 0 Å². The third-order valence-electron chi connectivity index (χ3n) is 4.92. The molecular weight excluding hydrogens is 360 g/mol. The molecule has 8 heteroatoms. The number of aromatic nitrogens is 2. The van der Waals surface area contributed by atoms with Gasteiger partial charge < -0.3 is 15.1 Å². The van der Waals surface area contributed by atoms with Crippen LogP contribution in [0.3, 0.4) is 0 Å². The average molecular weight is 384 g/mol. The van der Waals surface area contributed by atoms with E-state index in [1.807, 2.05) is 6.07 Å². The lowest BCUT2D eigenvalue weighted by Crippen LogP contribution is -2.34. The van der Waals surface area contributed by atoms with Crippen LogP contribution in [0.5, 0.6) is 0 Å². The Morgan fingerprint density at radius 2 is 2.00 bits per heavy atom.